The summed E-state index contributed by atoms with van der Waals surface area (Å²) < 4.78 is 2.19. The van der Waals surface area contributed by atoms with E-state index in [1.54, 1.807) is 6.20 Å². The number of imidazole rings is 1. The van der Waals surface area contributed by atoms with Gasteiger partial charge in [-0.15, -0.1) is 0 Å². The van der Waals surface area contributed by atoms with E-state index >= 15 is 0 Å². The summed E-state index contributed by atoms with van der Waals surface area (Å²) in [4.78, 5) is 24.9. The summed E-state index contributed by atoms with van der Waals surface area (Å²) >= 11 is 0. The van der Waals surface area contributed by atoms with Gasteiger partial charge in [-0.1, -0.05) is 6.92 Å². The standard InChI is InChI=1S/C17H19N5O/c1-4-7-22-12(3)20-14-8-13(5-6-16(14)22)21-17(23)15-10-18-11(2)9-19-15/h5-6,8-10H,4,7H2,1-3H3,(H,21,23). The number of carbonyl (C=O) groups is 1. The normalized spacial score (nSPS) is 10.9. The molecule has 2 aromatic heterocycles. The van der Waals surface area contributed by atoms with Crippen LogP contribution >= 0.6 is 0 Å². The van der Waals surface area contributed by atoms with Gasteiger partial charge in [-0.3, -0.25) is 9.78 Å². The number of hydrogen-bond acceptors (Lipinski definition) is 4. The Hall–Kier alpha value is -2.76. The maximum Gasteiger partial charge on any atom is 0.275 e. The van der Waals surface area contributed by atoms with E-state index in [1.165, 1.54) is 6.20 Å². The van der Waals surface area contributed by atoms with Crippen LogP contribution in [-0.2, 0) is 6.54 Å². The Bertz CT molecular complexity index is 851. The number of carbonyl (C=O) groups excluding carboxylic acids is 1. The van der Waals surface area contributed by atoms with Gasteiger partial charge >= 0.3 is 0 Å². The molecule has 0 aliphatic carbocycles. The molecular formula is C17H19N5O. The van der Waals surface area contributed by atoms with Gasteiger partial charge in [-0.25, -0.2) is 9.97 Å². The van der Waals surface area contributed by atoms with Crippen LogP contribution in [0.3, 0.4) is 0 Å². The molecule has 0 atom stereocenters. The maximum absolute atomic E-state index is 12.2. The van der Waals surface area contributed by atoms with Gasteiger partial charge in [0, 0.05) is 18.4 Å². The van der Waals surface area contributed by atoms with Crippen LogP contribution in [0, 0.1) is 13.8 Å². The SMILES string of the molecule is CCCn1c(C)nc2cc(NC(=O)c3cnc(C)cn3)ccc21. The molecule has 1 aromatic carbocycles. The van der Waals surface area contributed by atoms with Crippen molar-refractivity contribution >= 4 is 22.6 Å². The summed E-state index contributed by atoms with van der Waals surface area (Å²) in [6.07, 6.45) is 4.11. The van der Waals surface area contributed by atoms with Crippen molar-refractivity contribution in [2.24, 2.45) is 0 Å². The van der Waals surface area contributed by atoms with Crippen LogP contribution in [-0.4, -0.2) is 25.4 Å². The van der Waals surface area contributed by atoms with Crippen LogP contribution in [0.25, 0.3) is 11.0 Å². The monoisotopic (exact) mass is 309 g/mol. The Labute approximate surface area is 134 Å². The first-order chi connectivity index (χ1) is 11.1. The molecule has 23 heavy (non-hydrogen) atoms. The van der Waals surface area contributed by atoms with Crippen LogP contribution in [0.15, 0.2) is 30.6 Å². The molecule has 6 heteroatoms. The average Bonchev–Trinajstić information content (AvgIpc) is 2.83. The highest BCUT2D eigenvalue weighted by Gasteiger charge is 2.11. The molecule has 0 aliphatic heterocycles. The zero-order chi connectivity index (χ0) is 16.4. The molecule has 0 spiro atoms. The van der Waals surface area contributed by atoms with Gasteiger partial charge in [0.15, 0.2) is 0 Å². The maximum atomic E-state index is 12.2. The van der Waals surface area contributed by atoms with Crippen LogP contribution in [0.4, 0.5) is 5.69 Å². The number of aryl methyl sites for hydroxylation is 3. The van der Waals surface area contributed by atoms with Crippen molar-refractivity contribution in [3.05, 3.63) is 47.8 Å². The number of fused-ring (bicyclic) bond motifs is 1. The van der Waals surface area contributed by atoms with Gasteiger partial charge in [0.1, 0.15) is 11.5 Å². The van der Waals surface area contributed by atoms with Gasteiger partial charge in [0.05, 0.1) is 22.9 Å². The highest BCUT2D eigenvalue weighted by molar-refractivity contribution is 6.03. The molecule has 0 aliphatic rings. The molecule has 6 nitrogen and oxygen atoms in total. The molecule has 1 N–H and O–H groups in total. The van der Waals surface area contributed by atoms with Gasteiger partial charge in [0.25, 0.3) is 5.91 Å². The van der Waals surface area contributed by atoms with Crippen molar-refractivity contribution in [1.82, 2.24) is 19.5 Å². The smallest absolute Gasteiger partial charge is 0.275 e. The lowest BCUT2D eigenvalue weighted by Gasteiger charge is -2.06. The summed E-state index contributed by atoms with van der Waals surface area (Å²) in [5, 5.41) is 2.84. The molecule has 2 heterocycles. The van der Waals surface area contributed by atoms with E-state index < -0.39 is 0 Å². The summed E-state index contributed by atoms with van der Waals surface area (Å²) in [5.74, 6) is 0.705. The van der Waals surface area contributed by atoms with Gasteiger partial charge in [0.2, 0.25) is 0 Å². The summed E-state index contributed by atoms with van der Waals surface area (Å²) in [5.41, 5.74) is 3.73. The predicted molar refractivity (Wildman–Crippen MR) is 89.5 cm³/mol. The van der Waals surface area contributed by atoms with Crippen LogP contribution < -0.4 is 5.32 Å². The van der Waals surface area contributed by atoms with E-state index in [0.717, 1.165) is 35.5 Å². The minimum Gasteiger partial charge on any atom is -0.328 e. The summed E-state index contributed by atoms with van der Waals surface area (Å²) in [6, 6.07) is 5.75. The largest absolute Gasteiger partial charge is 0.328 e. The number of hydrogen-bond donors (Lipinski definition) is 1. The van der Waals surface area contributed by atoms with Crippen LogP contribution in [0.2, 0.25) is 0 Å². The fourth-order valence-corrected chi connectivity index (χ4v) is 2.54. The van der Waals surface area contributed by atoms with Gasteiger partial charge in [-0.2, -0.15) is 0 Å². The number of amides is 1. The minimum absolute atomic E-state index is 0.276. The predicted octanol–water partition coefficient (Wildman–Crippen LogP) is 3.11. The number of nitrogens with zero attached hydrogens (tertiary/aromatic N) is 4. The van der Waals surface area contributed by atoms with E-state index in [-0.39, 0.29) is 5.91 Å². The van der Waals surface area contributed by atoms with E-state index in [0.29, 0.717) is 11.4 Å². The highest BCUT2D eigenvalue weighted by Crippen LogP contribution is 2.21. The average molecular weight is 309 g/mol. The fourth-order valence-electron chi connectivity index (χ4n) is 2.54. The van der Waals surface area contributed by atoms with Crippen molar-refractivity contribution in [3.8, 4) is 0 Å². The quantitative estimate of drug-likeness (QED) is 0.803. The second kappa shape index (κ2) is 6.16. The molecule has 3 aromatic rings. The van der Waals surface area contributed by atoms with Crippen molar-refractivity contribution in [3.63, 3.8) is 0 Å². The van der Waals surface area contributed by atoms with E-state index in [2.05, 4.69) is 31.8 Å². The first kappa shape index (κ1) is 15.1. The lowest BCUT2D eigenvalue weighted by Crippen LogP contribution is -2.14. The molecule has 0 saturated carbocycles. The molecule has 118 valence electrons. The van der Waals surface area contributed by atoms with Crippen LogP contribution in [0.1, 0.15) is 35.4 Å². The lowest BCUT2D eigenvalue weighted by molar-refractivity contribution is 0.102. The zero-order valence-electron chi connectivity index (χ0n) is 13.5. The number of benzene rings is 1. The van der Waals surface area contributed by atoms with E-state index in [1.807, 2.05) is 32.0 Å². The summed E-state index contributed by atoms with van der Waals surface area (Å²) in [7, 11) is 0. The number of rotatable bonds is 4. The second-order valence-corrected chi connectivity index (χ2v) is 5.51. The van der Waals surface area contributed by atoms with Crippen molar-refractivity contribution in [2.75, 3.05) is 5.32 Å². The minimum atomic E-state index is -0.276. The highest BCUT2D eigenvalue weighted by atomic mass is 16.1. The van der Waals surface area contributed by atoms with Crippen molar-refractivity contribution in [2.45, 2.75) is 33.7 Å². The van der Waals surface area contributed by atoms with Gasteiger partial charge in [-0.05, 0) is 38.5 Å². The molecule has 0 unspecified atom stereocenters. The number of anilines is 1. The third kappa shape index (κ3) is 3.06. The molecular weight excluding hydrogens is 290 g/mol. The second-order valence-electron chi connectivity index (χ2n) is 5.51. The fraction of sp³-hybridized carbons (Fsp3) is 0.294. The molecule has 0 fully saturated rings. The molecule has 1 amide bonds. The lowest BCUT2D eigenvalue weighted by atomic mass is 10.2. The molecule has 0 radical (unpaired) electrons. The van der Waals surface area contributed by atoms with E-state index in [4.69, 9.17) is 0 Å². The third-order valence-corrected chi connectivity index (χ3v) is 3.66. The number of nitrogens with one attached hydrogen (secondary N) is 1. The molecule has 3 rings (SSSR count). The topological polar surface area (TPSA) is 72.7 Å². The summed E-state index contributed by atoms with van der Waals surface area (Å²) in [6.45, 7) is 6.91. The Morgan fingerprint density at radius 1 is 1.22 bits per heavy atom. The van der Waals surface area contributed by atoms with Crippen molar-refractivity contribution < 1.29 is 4.79 Å². The molecule has 0 bridgehead atoms. The number of aromatic nitrogens is 4. The van der Waals surface area contributed by atoms with E-state index in [9.17, 15) is 4.79 Å². The Morgan fingerprint density at radius 3 is 2.74 bits per heavy atom. The van der Waals surface area contributed by atoms with Crippen molar-refractivity contribution in [1.29, 1.82) is 0 Å². The first-order valence-corrected chi connectivity index (χ1v) is 7.65. The van der Waals surface area contributed by atoms with Crippen LogP contribution in [0.5, 0.6) is 0 Å². The Balaban J connectivity index is 1.86. The first-order valence-electron chi connectivity index (χ1n) is 7.65. The molecule has 0 saturated heterocycles. The Morgan fingerprint density at radius 2 is 2.04 bits per heavy atom. The van der Waals surface area contributed by atoms with Gasteiger partial charge < -0.3 is 9.88 Å². The Kier molecular flexibility index (Phi) is 4.06. The third-order valence-electron chi connectivity index (χ3n) is 3.66. The zero-order valence-corrected chi connectivity index (χ0v) is 13.5.